The van der Waals surface area contributed by atoms with E-state index in [1.165, 1.54) is 10.7 Å². The molecule has 0 aliphatic heterocycles. The van der Waals surface area contributed by atoms with E-state index in [1.54, 1.807) is 0 Å². The van der Waals surface area contributed by atoms with Gasteiger partial charge in [0.05, 0.1) is 17.3 Å². The van der Waals surface area contributed by atoms with Gasteiger partial charge in [-0.3, -0.25) is 0 Å². The summed E-state index contributed by atoms with van der Waals surface area (Å²) in [7, 11) is 0. The molecular formula is C12H13ClF3N5. The second kappa shape index (κ2) is 5.98. The predicted molar refractivity (Wildman–Crippen MR) is 71.3 cm³/mol. The van der Waals surface area contributed by atoms with Gasteiger partial charge in [0.2, 0.25) is 0 Å². The van der Waals surface area contributed by atoms with Crippen molar-refractivity contribution in [2.45, 2.75) is 26.1 Å². The van der Waals surface area contributed by atoms with Crippen molar-refractivity contribution in [3.63, 3.8) is 0 Å². The molecule has 1 aromatic carbocycles. The van der Waals surface area contributed by atoms with Gasteiger partial charge in [-0.25, -0.2) is 0 Å². The van der Waals surface area contributed by atoms with E-state index in [9.17, 15) is 13.2 Å². The predicted octanol–water partition coefficient (Wildman–Crippen LogP) is 3.01. The summed E-state index contributed by atoms with van der Waals surface area (Å²) in [5.41, 5.74) is -0.679. The van der Waals surface area contributed by atoms with Crippen LogP contribution in [-0.2, 0) is 6.18 Å². The highest BCUT2D eigenvalue weighted by Crippen LogP contribution is 2.33. The van der Waals surface area contributed by atoms with Gasteiger partial charge >= 0.3 is 6.18 Å². The first-order valence-corrected chi connectivity index (χ1v) is 6.60. The van der Waals surface area contributed by atoms with Crippen LogP contribution in [0.3, 0.4) is 0 Å². The number of nitrogens with one attached hydrogen (secondary N) is 1. The molecule has 114 valence electrons. The van der Waals surface area contributed by atoms with Gasteiger partial charge in [0.1, 0.15) is 0 Å². The molecule has 2 rings (SSSR count). The third kappa shape index (κ3) is 3.51. The normalized spacial score (nSPS) is 13.4. The summed E-state index contributed by atoms with van der Waals surface area (Å²) < 4.78 is 39.8. The van der Waals surface area contributed by atoms with E-state index in [-0.39, 0.29) is 16.8 Å². The van der Waals surface area contributed by atoms with Crippen LogP contribution >= 0.6 is 11.6 Å². The Morgan fingerprint density at radius 1 is 1.33 bits per heavy atom. The Kier molecular flexibility index (Phi) is 4.48. The standard InChI is InChI=1S/C12H13ClF3N5/c1-3-17-7(2)11-18-19-20-21(11)10-5-8(12(14,15)16)4-9(13)6-10/h4-7,17H,3H2,1-2H3. The highest BCUT2D eigenvalue weighted by Gasteiger charge is 2.31. The lowest BCUT2D eigenvalue weighted by molar-refractivity contribution is -0.137. The van der Waals surface area contributed by atoms with Crippen molar-refractivity contribution in [3.05, 3.63) is 34.6 Å². The molecule has 0 amide bonds. The van der Waals surface area contributed by atoms with Crippen LogP contribution in [0.15, 0.2) is 18.2 Å². The van der Waals surface area contributed by atoms with Gasteiger partial charge in [-0.05, 0) is 42.1 Å². The zero-order chi connectivity index (χ0) is 15.6. The average molecular weight is 320 g/mol. The van der Waals surface area contributed by atoms with Crippen LogP contribution in [0.4, 0.5) is 13.2 Å². The summed E-state index contributed by atoms with van der Waals surface area (Å²) >= 11 is 5.77. The van der Waals surface area contributed by atoms with E-state index >= 15 is 0 Å². The number of aromatic nitrogens is 4. The van der Waals surface area contributed by atoms with E-state index < -0.39 is 11.7 Å². The summed E-state index contributed by atoms with van der Waals surface area (Å²) in [6.07, 6.45) is -4.49. The van der Waals surface area contributed by atoms with Crippen LogP contribution in [0.1, 0.15) is 31.3 Å². The zero-order valence-electron chi connectivity index (χ0n) is 11.3. The fourth-order valence-electron chi connectivity index (χ4n) is 1.91. The lowest BCUT2D eigenvalue weighted by Gasteiger charge is -2.14. The largest absolute Gasteiger partial charge is 0.416 e. The Morgan fingerprint density at radius 2 is 2.05 bits per heavy atom. The number of rotatable bonds is 4. The lowest BCUT2D eigenvalue weighted by atomic mass is 10.2. The molecule has 0 saturated heterocycles. The molecule has 21 heavy (non-hydrogen) atoms. The number of halogens is 4. The van der Waals surface area contributed by atoms with Crippen molar-refractivity contribution in [2.75, 3.05) is 6.54 Å². The molecular weight excluding hydrogens is 307 g/mol. The van der Waals surface area contributed by atoms with Gasteiger partial charge < -0.3 is 5.32 Å². The molecule has 0 spiro atoms. The molecule has 0 fully saturated rings. The van der Waals surface area contributed by atoms with Crippen LogP contribution < -0.4 is 5.32 Å². The second-order valence-electron chi connectivity index (χ2n) is 4.42. The van der Waals surface area contributed by atoms with E-state index in [2.05, 4.69) is 20.8 Å². The molecule has 0 aliphatic carbocycles. The van der Waals surface area contributed by atoms with Gasteiger partial charge in [0, 0.05) is 5.02 Å². The monoisotopic (exact) mass is 319 g/mol. The van der Waals surface area contributed by atoms with Gasteiger partial charge in [-0.1, -0.05) is 18.5 Å². The smallest absolute Gasteiger partial charge is 0.308 e. The maximum atomic E-state index is 12.8. The van der Waals surface area contributed by atoms with E-state index in [0.29, 0.717) is 12.4 Å². The van der Waals surface area contributed by atoms with Gasteiger partial charge in [-0.15, -0.1) is 5.10 Å². The Balaban J connectivity index is 2.48. The number of benzene rings is 1. The van der Waals surface area contributed by atoms with Crippen LogP contribution in [0.5, 0.6) is 0 Å². The molecule has 1 aromatic heterocycles. The minimum absolute atomic E-state index is 0.0302. The highest BCUT2D eigenvalue weighted by molar-refractivity contribution is 6.30. The molecule has 1 unspecified atom stereocenters. The molecule has 9 heteroatoms. The van der Waals surface area contributed by atoms with Crippen LogP contribution in [0.2, 0.25) is 5.02 Å². The minimum Gasteiger partial charge on any atom is -0.308 e. The second-order valence-corrected chi connectivity index (χ2v) is 4.86. The van der Waals surface area contributed by atoms with Gasteiger partial charge in [0.25, 0.3) is 0 Å². The first kappa shape index (κ1) is 15.7. The quantitative estimate of drug-likeness (QED) is 0.941. The first-order valence-electron chi connectivity index (χ1n) is 6.22. The first-order chi connectivity index (χ1) is 9.82. The van der Waals surface area contributed by atoms with Crippen molar-refractivity contribution in [1.29, 1.82) is 0 Å². The SMILES string of the molecule is CCNC(C)c1nnnn1-c1cc(Cl)cc(C(F)(F)F)c1. The summed E-state index contributed by atoms with van der Waals surface area (Å²) in [5, 5.41) is 14.2. The average Bonchev–Trinajstić information content (AvgIpc) is 2.86. The van der Waals surface area contributed by atoms with Crippen molar-refractivity contribution >= 4 is 11.6 Å². The number of hydrogen-bond acceptors (Lipinski definition) is 4. The Morgan fingerprint density at radius 3 is 2.67 bits per heavy atom. The lowest BCUT2D eigenvalue weighted by Crippen LogP contribution is -2.21. The van der Waals surface area contributed by atoms with Crippen molar-refractivity contribution < 1.29 is 13.2 Å². The van der Waals surface area contributed by atoms with E-state index in [4.69, 9.17) is 11.6 Å². The topological polar surface area (TPSA) is 55.6 Å². The Hall–Kier alpha value is -1.67. The Labute approximate surface area is 124 Å². The zero-order valence-corrected chi connectivity index (χ0v) is 12.1. The summed E-state index contributed by atoms with van der Waals surface area (Å²) in [6.45, 7) is 4.41. The van der Waals surface area contributed by atoms with Crippen LogP contribution in [0.25, 0.3) is 5.69 Å². The number of nitrogens with zero attached hydrogens (tertiary/aromatic N) is 4. The molecule has 0 saturated carbocycles. The molecule has 0 aliphatic rings. The molecule has 1 atom stereocenters. The third-order valence-corrected chi connectivity index (χ3v) is 3.06. The van der Waals surface area contributed by atoms with Crippen LogP contribution in [-0.4, -0.2) is 26.8 Å². The molecule has 0 bridgehead atoms. The van der Waals surface area contributed by atoms with Crippen LogP contribution in [0, 0.1) is 0 Å². The molecule has 0 radical (unpaired) electrons. The third-order valence-electron chi connectivity index (χ3n) is 2.85. The van der Waals surface area contributed by atoms with Gasteiger partial charge in [-0.2, -0.15) is 17.9 Å². The Bertz CT molecular complexity index is 626. The maximum Gasteiger partial charge on any atom is 0.416 e. The number of tetrazole rings is 1. The highest BCUT2D eigenvalue weighted by atomic mass is 35.5. The van der Waals surface area contributed by atoms with E-state index in [1.807, 2.05) is 13.8 Å². The minimum atomic E-state index is -4.49. The number of alkyl halides is 3. The van der Waals surface area contributed by atoms with Crippen molar-refractivity contribution in [1.82, 2.24) is 25.5 Å². The fraction of sp³-hybridized carbons (Fsp3) is 0.417. The summed E-state index contributed by atoms with van der Waals surface area (Å²) in [5.74, 6) is 0.409. The molecule has 1 N–H and O–H groups in total. The number of hydrogen-bond donors (Lipinski definition) is 1. The molecule has 2 aromatic rings. The fourth-order valence-corrected chi connectivity index (χ4v) is 2.13. The van der Waals surface area contributed by atoms with E-state index in [0.717, 1.165) is 12.1 Å². The summed E-state index contributed by atoms with van der Waals surface area (Å²) in [6, 6.07) is 3.00. The molecule has 5 nitrogen and oxygen atoms in total. The maximum absolute atomic E-state index is 12.8. The van der Waals surface area contributed by atoms with Gasteiger partial charge in [0.15, 0.2) is 5.82 Å². The summed E-state index contributed by atoms with van der Waals surface area (Å²) in [4.78, 5) is 0. The van der Waals surface area contributed by atoms with Crippen molar-refractivity contribution in [2.24, 2.45) is 0 Å². The van der Waals surface area contributed by atoms with Crippen molar-refractivity contribution in [3.8, 4) is 5.69 Å². The molecule has 1 heterocycles.